The van der Waals surface area contributed by atoms with Crippen molar-refractivity contribution in [2.24, 2.45) is 17.4 Å². The van der Waals surface area contributed by atoms with Crippen molar-refractivity contribution in [2.45, 2.75) is 63.7 Å². The Bertz CT molecular complexity index is 647. The zero-order valence-corrected chi connectivity index (χ0v) is 18.6. The molecule has 0 aliphatic rings. The number of hydrogen-bond donors (Lipinski definition) is 8. The van der Waals surface area contributed by atoms with Crippen LogP contribution in [0.3, 0.4) is 0 Å². The molecule has 0 spiro atoms. The van der Waals surface area contributed by atoms with Gasteiger partial charge in [0.15, 0.2) is 0 Å². The maximum atomic E-state index is 12.5. The molecule has 13 heteroatoms. The number of carboxylic acid groups (broad SMARTS) is 2. The van der Waals surface area contributed by atoms with Gasteiger partial charge in [-0.3, -0.25) is 19.2 Å². The predicted molar refractivity (Wildman–Crippen MR) is 115 cm³/mol. The Labute approximate surface area is 186 Å². The highest BCUT2D eigenvalue weighted by Crippen LogP contribution is 2.04. The van der Waals surface area contributed by atoms with E-state index in [2.05, 4.69) is 28.6 Å². The zero-order valence-electron chi connectivity index (χ0n) is 17.7. The van der Waals surface area contributed by atoms with Gasteiger partial charge in [0.25, 0.3) is 0 Å². The zero-order chi connectivity index (χ0) is 24.1. The van der Waals surface area contributed by atoms with Gasteiger partial charge in [-0.2, -0.15) is 12.6 Å². The molecule has 0 saturated carbocycles. The molecule has 12 nitrogen and oxygen atoms in total. The topological polar surface area (TPSA) is 214 Å². The number of amides is 3. The third-order valence-electron chi connectivity index (χ3n) is 4.36. The van der Waals surface area contributed by atoms with E-state index in [9.17, 15) is 29.1 Å². The fourth-order valence-corrected chi connectivity index (χ4v) is 2.79. The summed E-state index contributed by atoms with van der Waals surface area (Å²) < 4.78 is 0. The Kier molecular flexibility index (Phi) is 13.5. The maximum absolute atomic E-state index is 12.5. The van der Waals surface area contributed by atoms with Crippen LogP contribution >= 0.6 is 12.6 Å². The van der Waals surface area contributed by atoms with Gasteiger partial charge in [0, 0.05) is 5.75 Å². The largest absolute Gasteiger partial charge is 0.481 e. The summed E-state index contributed by atoms with van der Waals surface area (Å²) in [5.74, 6) is -5.65. The van der Waals surface area contributed by atoms with Crippen LogP contribution in [-0.2, 0) is 24.0 Å². The highest BCUT2D eigenvalue weighted by atomic mass is 32.1. The Morgan fingerprint density at radius 1 is 0.903 bits per heavy atom. The standard InChI is InChI=1S/C18H33N5O7S/c1-9(2)14(18(29)30)23-17(28)12(8-31)22-16(27)11(7-13(24)25)21-15(26)10(20)5-3-4-6-19/h9-12,14,31H,3-8,19-20H2,1-2H3,(H,21,26)(H,22,27)(H,23,28)(H,24,25)(H,29,30). The average molecular weight is 464 g/mol. The smallest absolute Gasteiger partial charge is 0.326 e. The van der Waals surface area contributed by atoms with E-state index in [0.717, 1.165) is 0 Å². The van der Waals surface area contributed by atoms with Crippen molar-refractivity contribution in [2.75, 3.05) is 12.3 Å². The Morgan fingerprint density at radius 2 is 1.45 bits per heavy atom. The van der Waals surface area contributed by atoms with Crippen molar-refractivity contribution in [1.82, 2.24) is 16.0 Å². The number of carboxylic acids is 2. The average Bonchev–Trinajstić information content (AvgIpc) is 2.68. The van der Waals surface area contributed by atoms with Crippen LogP contribution in [0.5, 0.6) is 0 Å². The third-order valence-corrected chi connectivity index (χ3v) is 4.73. The van der Waals surface area contributed by atoms with E-state index in [-0.39, 0.29) is 5.75 Å². The van der Waals surface area contributed by atoms with E-state index in [4.69, 9.17) is 16.6 Å². The second kappa shape index (κ2) is 14.6. The van der Waals surface area contributed by atoms with Gasteiger partial charge in [-0.15, -0.1) is 0 Å². The van der Waals surface area contributed by atoms with Gasteiger partial charge in [0.05, 0.1) is 12.5 Å². The molecule has 4 unspecified atom stereocenters. The van der Waals surface area contributed by atoms with Crippen LogP contribution in [0.15, 0.2) is 0 Å². The number of carbonyl (C=O) groups excluding carboxylic acids is 3. The molecule has 9 N–H and O–H groups in total. The van der Waals surface area contributed by atoms with E-state index < -0.39 is 66.2 Å². The van der Waals surface area contributed by atoms with Crippen molar-refractivity contribution in [3.8, 4) is 0 Å². The Balaban J connectivity index is 5.17. The SMILES string of the molecule is CC(C)C(NC(=O)C(CS)NC(=O)C(CC(=O)O)NC(=O)C(N)CCCCN)C(=O)O. The number of thiol groups is 1. The lowest BCUT2D eigenvalue weighted by Crippen LogP contribution is -2.58. The summed E-state index contributed by atoms with van der Waals surface area (Å²) in [5, 5.41) is 25.1. The number of hydrogen-bond acceptors (Lipinski definition) is 8. The second-order valence-corrected chi connectivity index (χ2v) is 7.73. The molecule has 0 aromatic rings. The van der Waals surface area contributed by atoms with Crippen LogP contribution in [0.4, 0.5) is 0 Å². The molecule has 0 rings (SSSR count). The monoisotopic (exact) mass is 463 g/mol. The molecule has 0 bridgehead atoms. The Morgan fingerprint density at radius 3 is 1.90 bits per heavy atom. The third kappa shape index (κ3) is 11.0. The lowest BCUT2D eigenvalue weighted by Gasteiger charge is -2.24. The Hall–Kier alpha value is -2.38. The minimum absolute atomic E-state index is 0.186. The van der Waals surface area contributed by atoms with Crippen molar-refractivity contribution < 1.29 is 34.2 Å². The van der Waals surface area contributed by atoms with Crippen LogP contribution in [0, 0.1) is 5.92 Å². The summed E-state index contributed by atoms with van der Waals surface area (Å²) >= 11 is 3.99. The first kappa shape index (κ1) is 28.6. The van der Waals surface area contributed by atoms with E-state index in [1.165, 1.54) is 0 Å². The summed E-state index contributed by atoms with van der Waals surface area (Å²) in [6.45, 7) is 3.64. The number of aliphatic carboxylic acids is 2. The molecule has 0 heterocycles. The quantitative estimate of drug-likeness (QED) is 0.0998. The molecule has 0 fully saturated rings. The molecule has 4 atom stereocenters. The lowest BCUT2D eigenvalue weighted by molar-refractivity contribution is -0.144. The summed E-state index contributed by atoms with van der Waals surface area (Å²) in [4.78, 5) is 59.5. The first-order valence-corrected chi connectivity index (χ1v) is 10.5. The number of nitrogens with one attached hydrogen (secondary N) is 3. The number of rotatable bonds is 15. The molecular weight excluding hydrogens is 430 g/mol. The van der Waals surface area contributed by atoms with Crippen LogP contribution in [0.1, 0.15) is 39.5 Å². The summed E-state index contributed by atoms with van der Waals surface area (Å²) in [6, 6.07) is -4.88. The molecule has 0 aliphatic heterocycles. The van der Waals surface area contributed by atoms with Crippen LogP contribution in [0.2, 0.25) is 0 Å². The van der Waals surface area contributed by atoms with Crippen LogP contribution in [0.25, 0.3) is 0 Å². The molecule has 0 radical (unpaired) electrons. The van der Waals surface area contributed by atoms with Crippen LogP contribution in [-0.4, -0.2) is 76.3 Å². The van der Waals surface area contributed by atoms with Crippen molar-refractivity contribution in [3.63, 3.8) is 0 Å². The van der Waals surface area contributed by atoms with Gasteiger partial charge in [0.1, 0.15) is 18.1 Å². The van der Waals surface area contributed by atoms with Crippen LogP contribution < -0.4 is 27.4 Å². The van der Waals surface area contributed by atoms with E-state index in [1.54, 1.807) is 13.8 Å². The first-order chi connectivity index (χ1) is 14.4. The van der Waals surface area contributed by atoms with Gasteiger partial charge in [-0.05, 0) is 25.3 Å². The van der Waals surface area contributed by atoms with Gasteiger partial charge in [0.2, 0.25) is 17.7 Å². The highest BCUT2D eigenvalue weighted by molar-refractivity contribution is 7.80. The summed E-state index contributed by atoms with van der Waals surface area (Å²) in [5.41, 5.74) is 11.1. The molecule has 0 aromatic heterocycles. The number of carbonyl (C=O) groups is 5. The normalized spacial score (nSPS) is 14.8. The predicted octanol–water partition coefficient (Wildman–Crippen LogP) is -1.96. The highest BCUT2D eigenvalue weighted by Gasteiger charge is 2.31. The number of unbranched alkanes of at least 4 members (excludes halogenated alkanes) is 1. The summed E-state index contributed by atoms with van der Waals surface area (Å²) in [6.07, 6.45) is 0.811. The molecular formula is C18H33N5O7S. The minimum Gasteiger partial charge on any atom is -0.481 e. The molecule has 31 heavy (non-hydrogen) atoms. The van der Waals surface area contributed by atoms with Gasteiger partial charge < -0.3 is 37.6 Å². The fraction of sp³-hybridized carbons (Fsp3) is 0.722. The number of nitrogens with two attached hydrogens (primary N) is 2. The molecule has 0 aromatic carbocycles. The van der Waals surface area contributed by atoms with E-state index >= 15 is 0 Å². The fourth-order valence-electron chi connectivity index (χ4n) is 2.54. The minimum atomic E-state index is -1.49. The van der Waals surface area contributed by atoms with Crippen molar-refractivity contribution in [1.29, 1.82) is 0 Å². The second-order valence-electron chi connectivity index (χ2n) is 7.36. The molecule has 0 saturated heterocycles. The van der Waals surface area contributed by atoms with E-state index in [0.29, 0.717) is 25.8 Å². The van der Waals surface area contributed by atoms with Crippen molar-refractivity contribution >= 4 is 42.3 Å². The van der Waals surface area contributed by atoms with Gasteiger partial charge in [-0.25, -0.2) is 4.79 Å². The maximum Gasteiger partial charge on any atom is 0.326 e. The van der Waals surface area contributed by atoms with E-state index in [1.807, 2.05) is 0 Å². The molecule has 0 aliphatic carbocycles. The lowest BCUT2D eigenvalue weighted by atomic mass is 10.0. The molecule has 178 valence electrons. The van der Waals surface area contributed by atoms with Crippen molar-refractivity contribution in [3.05, 3.63) is 0 Å². The molecule has 3 amide bonds. The summed E-state index contributed by atoms with van der Waals surface area (Å²) in [7, 11) is 0. The van der Waals surface area contributed by atoms with Gasteiger partial charge in [-0.1, -0.05) is 20.3 Å². The first-order valence-electron chi connectivity index (χ1n) is 9.86. The van der Waals surface area contributed by atoms with Gasteiger partial charge >= 0.3 is 11.9 Å².